The number of hydrogen-bond donors (Lipinski definition) is 1. The lowest BCUT2D eigenvalue weighted by Gasteiger charge is -2.08. The van der Waals surface area contributed by atoms with Gasteiger partial charge in [0.15, 0.2) is 0 Å². The molecule has 20 heavy (non-hydrogen) atoms. The minimum atomic E-state index is -0.422. The molecule has 1 aromatic carbocycles. The van der Waals surface area contributed by atoms with Gasteiger partial charge in [-0.15, -0.1) is 0 Å². The third-order valence-corrected chi connectivity index (χ3v) is 3.50. The molecule has 1 aromatic heterocycles. The summed E-state index contributed by atoms with van der Waals surface area (Å²) in [6.45, 7) is 5.59. The summed E-state index contributed by atoms with van der Waals surface area (Å²) in [6.07, 6.45) is 0. The van der Waals surface area contributed by atoms with Crippen molar-refractivity contribution in [2.75, 3.05) is 11.9 Å². The molecule has 0 fully saturated rings. The summed E-state index contributed by atoms with van der Waals surface area (Å²) in [6, 6.07) is 4.61. The van der Waals surface area contributed by atoms with E-state index in [0.717, 1.165) is 17.1 Å². The maximum atomic E-state index is 13.4. The van der Waals surface area contributed by atoms with Crippen molar-refractivity contribution in [1.82, 2.24) is 4.37 Å². The fourth-order valence-corrected chi connectivity index (χ4v) is 2.64. The van der Waals surface area contributed by atoms with E-state index >= 15 is 0 Å². The predicted molar refractivity (Wildman–Crippen MR) is 77.2 cm³/mol. The number of anilines is 2. The third-order valence-electron chi connectivity index (χ3n) is 2.64. The number of aromatic nitrogens is 1. The number of benzene rings is 1. The number of carbonyl (C=O) groups is 1. The molecule has 2 aromatic rings. The molecule has 6 heteroatoms. The van der Waals surface area contributed by atoms with E-state index < -0.39 is 5.97 Å². The first-order valence-electron chi connectivity index (χ1n) is 6.19. The molecule has 106 valence electrons. The van der Waals surface area contributed by atoms with E-state index in [4.69, 9.17) is 4.74 Å². The number of rotatable bonds is 4. The fraction of sp³-hybridized carbons (Fsp3) is 0.286. The number of aryl methyl sites for hydroxylation is 2. The Hall–Kier alpha value is -1.95. The Labute approximate surface area is 120 Å². The number of hydrogen-bond acceptors (Lipinski definition) is 5. The predicted octanol–water partition coefficient (Wildman–Crippen LogP) is 3.82. The van der Waals surface area contributed by atoms with E-state index in [1.54, 1.807) is 26.8 Å². The highest BCUT2D eigenvalue weighted by Crippen LogP contribution is 2.29. The summed E-state index contributed by atoms with van der Waals surface area (Å²) < 4.78 is 22.5. The Morgan fingerprint density at radius 1 is 1.40 bits per heavy atom. The van der Waals surface area contributed by atoms with Crippen LogP contribution in [-0.4, -0.2) is 16.9 Å². The normalized spacial score (nSPS) is 10.4. The van der Waals surface area contributed by atoms with E-state index in [1.807, 2.05) is 0 Å². The molecule has 0 amide bonds. The number of halogens is 1. The molecule has 1 N–H and O–H groups in total. The number of esters is 1. The van der Waals surface area contributed by atoms with E-state index in [0.29, 0.717) is 28.6 Å². The first kappa shape index (κ1) is 14.5. The second-order valence-electron chi connectivity index (χ2n) is 4.33. The van der Waals surface area contributed by atoms with E-state index in [1.165, 1.54) is 12.1 Å². The average Bonchev–Trinajstić information content (AvgIpc) is 2.69. The standard InChI is InChI=1S/C14H15FN2O2S/c1-4-19-14(18)12-9(3)17-20-13(12)16-11-6-8(2)5-10(15)7-11/h5-7,16H,4H2,1-3H3. The lowest BCUT2D eigenvalue weighted by Crippen LogP contribution is -2.07. The molecule has 0 aliphatic rings. The molecular weight excluding hydrogens is 279 g/mol. The number of nitrogens with zero attached hydrogens (tertiary/aromatic N) is 1. The SMILES string of the molecule is CCOC(=O)c1c(C)nsc1Nc1cc(C)cc(F)c1. The monoisotopic (exact) mass is 294 g/mol. The van der Waals surface area contributed by atoms with E-state index in [-0.39, 0.29) is 5.82 Å². The van der Waals surface area contributed by atoms with Crippen molar-refractivity contribution < 1.29 is 13.9 Å². The van der Waals surface area contributed by atoms with Crippen LogP contribution < -0.4 is 5.32 Å². The topological polar surface area (TPSA) is 51.2 Å². The summed E-state index contributed by atoms with van der Waals surface area (Å²) in [5.41, 5.74) is 2.38. The summed E-state index contributed by atoms with van der Waals surface area (Å²) in [5, 5.41) is 3.59. The Bertz CT molecular complexity index is 620. The van der Waals surface area contributed by atoms with Gasteiger partial charge in [0.25, 0.3) is 0 Å². The van der Waals surface area contributed by atoms with Gasteiger partial charge in [-0.25, -0.2) is 9.18 Å². The van der Waals surface area contributed by atoms with Gasteiger partial charge in [0.05, 0.1) is 12.3 Å². The van der Waals surface area contributed by atoms with Crippen molar-refractivity contribution in [3.63, 3.8) is 0 Å². The van der Waals surface area contributed by atoms with Crippen LogP contribution in [0.4, 0.5) is 15.1 Å². The van der Waals surface area contributed by atoms with Gasteiger partial charge in [-0.05, 0) is 56.1 Å². The highest BCUT2D eigenvalue weighted by atomic mass is 32.1. The maximum Gasteiger partial charge on any atom is 0.343 e. The smallest absolute Gasteiger partial charge is 0.343 e. The first-order chi connectivity index (χ1) is 9.51. The second kappa shape index (κ2) is 6.00. The summed E-state index contributed by atoms with van der Waals surface area (Å²) in [5.74, 6) is -0.749. The van der Waals surface area contributed by atoms with Crippen LogP contribution in [0, 0.1) is 19.7 Å². The Kier molecular flexibility index (Phi) is 4.34. The van der Waals surface area contributed by atoms with Gasteiger partial charge < -0.3 is 10.1 Å². The van der Waals surface area contributed by atoms with Crippen LogP contribution in [0.2, 0.25) is 0 Å². The van der Waals surface area contributed by atoms with Gasteiger partial charge in [0.1, 0.15) is 16.4 Å². The molecule has 0 saturated carbocycles. The van der Waals surface area contributed by atoms with Crippen molar-refractivity contribution >= 4 is 28.2 Å². The Balaban J connectivity index is 2.32. The molecule has 4 nitrogen and oxygen atoms in total. The molecule has 0 unspecified atom stereocenters. The van der Waals surface area contributed by atoms with Gasteiger partial charge >= 0.3 is 5.97 Å². The van der Waals surface area contributed by atoms with Crippen molar-refractivity contribution in [2.45, 2.75) is 20.8 Å². The highest BCUT2D eigenvalue weighted by Gasteiger charge is 2.19. The van der Waals surface area contributed by atoms with Crippen LogP contribution >= 0.6 is 11.5 Å². The zero-order valence-electron chi connectivity index (χ0n) is 11.5. The molecule has 0 atom stereocenters. The molecule has 0 radical (unpaired) electrons. The quantitative estimate of drug-likeness (QED) is 0.871. The highest BCUT2D eigenvalue weighted by molar-refractivity contribution is 7.10. The third kappa shape index (κ3) is 3.14. The maximum absolute atomic E-state index is 13.4. The second-order valence-corrected chi connectivity index (χ2v) is 5.11. The van der Waals surface area contributed by atoms with Gasteiger partial charge in [0.2, 0.25) is 0 Å². The molecule has 0 saturated heterocycles. The van der Waals surface area contributed by atoms with E-state index in [2.05, 4.69) is 9.69 Å². The van der Waals surface area contributed by atoms with Gasteiger partial charge in [-0.1, -0.05) is 0 Å². The van der Waals surface area contributed by atoms with Gasteiger partial charge in [0, 0.05) is 5.69 Å². The molecule has 2 rings (SSSR count). The first-order valence-corrected chi connectivity index (χ1v) is 6.96. The van der Waals surface area contributed by atoms with Crippen molar-refractivity contribution in [3.8, 4) is 0 Å². The molecule has 0 aliphatic heterocycles. The Morgan fingerprint density at radius 2 is 2.15 bits per heavy atom. The minimum absolute atomic E-state index is 0.298. The molecule has 0 spiro atoms. The van der Waals surface area contributed by atoms with Crippen LogP contribution in [0.25, 0.3) is 0 Å². The van der Waals surface area contributed by atoms with Gasteiger partial charge in [-0.3, -0.25) is 0 Å². The van der Waals surface area contributed by atoms with Crippen LogP contribution in [0.1, 0.15) is 28.5 Å². The summed E-state index contributed by atoms with van der Waals surface area (Å²) >= 11 is 1.15. The number of carbonyl (C=O) groups excluding carboxylic acids is 1. The molecular formula is C14H15FN2O2S. The minimum Gasteiger partial charge on any atom is -0.462 e. The van der Waals surface area contributed by atoms with Crippen LogP contribution in [0.5, 0.6) is 0 Å². The zero-order chi connectivity index (χ0) is 14.7. The van der Waals surface area contributed by atoms with E-state index in [9.17, 15) is 9.18 Å². The zero-order valence-corrected chi connectivity index (χ0v) is 12.3. The van der Waals surface area contributed by atoms with Crippen LogP contribution in [-0.2, 0) is 4.74 Å². The number of ether oxygens (including phenoxy) is 1. The largest absolute Gasteiger partial charge is 0.462 e. The van der Waals surface area contributed by atoms with Crippen molar-refractivity contribution in [2.24, 2.45) is 0 Å². The van der Waals surface area contributed by atoms with Crippen LogP contribution in [0.15, 0.2) is 18.2 Å². The summed E-state index contributed by atoms with van der Waals surface area (Å²) in [4.78, 5) is 11.9. The number of nitrogens with one attached hydrogen (secondary N) is 1. The van der Waals surface area contributed by atoms with Gasteiger partial charge in [-0.2, -0.15) is 4.37 Å². The van der Waals surface area contributed by atoms with Crippen molar-refractivity contribution in [3.05, 3.63) is 40.8 Å². The molecule has 0 aliphatic carbocycles. The van der Waals surface area contributed by atoms with Crippen molar-refractivity contribution in [1.29, 1.82) is 0 Å². The average molecular weight is 294 g/mol. The fourth-order valence-electron chi connectivity index (χ4n) is 1.84. The lowest BCUT2D eigenvalue weighted by molar-refractivity contribution is 0.0527. The molecule has 1 heterocycles. The lowest BCUT2D eigenvalue weighted by atomic mass is 10.2. The summed E-state index contributed by atoms with van der Waals surface area (Å²) in [7, 11) is 0. The van der Waals surface area contributed by atoms with Crippen LogP contribution in [0.3, 0.4) is 0 Å². The molecule has 0 bridgehead atoms. The Morgan fingerprint density at radius 3 is 2.80 bits per heavy atom.